The van der Waals surface area contributed by atoms with Crippen LogP contribution in [-0.4, -0.2) is 12.8 Å². The van der Waals surface area contributed by atoms with E-state index < -0.39 is 4.92 Å². The van der Waals surface area contributed by atoms with Crippen LogP contribution in [0.5, 0.6) is 0 Å². The summed E-state index contributed by atoms with van der Waals surface area (Å²) in [6, 6.07) is 0. The average Bonchev–Trinajstić information content (AvgIpc) is 1.98. The number of hydrogen-bond acceptors (Lipinski definition) is 2. The van der Waals surface area contributed by atoms with Crippen LogP contribution in [0.15, 0.2) is 36.0 Å². The van der Waals surface area contributed by atoms with Crippen LogP contribution >= 0.6 is 0 Å². The van der Waals surface area contributed by atoms with Crippen molar-refractivity contribution in [2.45, 2.75) is 6.92 Å². The highest BCUT2D eigenvalue weighted by Crippen LogP contribution is 2.05. The van der Waals surface area contributed by atoms with Crippen LogP contribution < -0.4 is 0 Å². The van der Waals surface area contributed by atoms with Gasteiger partial charge in [0.25, 0.3) is 5.70 Å². The predicted octanol–water partition coefficient (Wildman–Crippen LogP) is 0.870. The summed E-state index contributed by atoms with van der Waals surface area (Å²) in [6.07, 6.45) is 4.48. The Morgan fingerprint density at radius 3 is 2.55 bits per heavy atom. The molecule has 0 aromatic heterocycles. The summed E-state index contributed by atoms with van der Waals surface area (Å²) >= 11 is 0. The molecule has 0 fully saturated rings. The third-order valence-electron chi connectivity index (χ3n) is 1.31. The van der Waals surface area contributed by atoms with E-state index in [4.69, 9.17) is 0 Å². The van der Waals surface area contributed by atoms with Gasteiger partial charge in [0.15, 0.2) is 0 Å². The summed E-state index contributed by atoms with van der Waals surface area (Å²) in [4.78, 5) is 9.92. The molecule has 0 radical (unpaired) electrons. The Morgan fingerprint density at radius 1 is 1.73 bits per heavy atom. The van der Waals surface area contributed by atoms with Crippen LogP contribution in [-0.2, 0) is 0 Å². The lowest BCUT2D eigenvalue weighted by atomic mass is 9.92. The maximum absolute atomic E-state index is 10.3. The van der Waals surface area contributed by atoms with Crippen LogP contribution in [0, 0.1) is 10.1 Å². The zero-order valence-corrected chi connectivity index (χ0v) is 6.70. The second kappa shape index (κ2) is 4.49. The Labute approximate surface area is 66.7 Å². The van der Waals surface area contributed by atoms with Crippen molar-refractivity contribution in [3.8, 4) is 0 Å². The molecule has 0 spiro atoms. The zero-order valence-electron chi connectivity index (χ0n) is 6.70. The first-order valence-corrected chi connectivity index (χ1v) is 3.24. The average molecular weight is 151 g/mol. The van der Waals surface area contributed by atoms with Gasteiger partial charge in [-0.15, -0.1) is 0 Å². The van der Waals surface area contributed by atoms with E-state index in [1.54, 1.807) is 20.8 Å². The van der Waals surface area contributed by atoms with Gasteiger partial charge in [0.2, 0.25) is 0 Å². The molecule has 4 heteroatoms. The van der Waals surface area contributed by atoms with Gasteiger partial charge in [0, 0.05) is 6.08 Å². The van der Waals surface area contributed by atoms with Crippen molar-refractivity contribution in [1.29, 1.82) is 0 Å². The molecule has 0 rings (SSSR count). The van der Waals surface area contributed by atoms with Gasteiger partial charge in [0.1, 0.15) is 7.85 Å². The summed E-state index contributed by atoms with van der Waals surface area (Å²) < 4.78 is 0. The molecule has 0 aromatic carbocycles. The third kappa shape index (κ3) is 2.84. The van der Waals surface area contributed by atoms with Gasteiger partial charge in [-0.3, -0.25) is 10.1 Å². The minimum atomic E-state index is -0.420. The van der Waals surface area contributed by atoms with Crippen molar-refractivity contribution in [1.82, 2.24) is 0 Å². The van der Waals surface area contributed by atoms with Crippen molar-refractivity contribution in [3.63, 3.8) is 0 Å². The van der Waals surface area contributed by atoms with E-state index in [0.717, 1.165) is 0 Å². The molecule has 0 N–H and O–H groups in total. The summed E-state index contributed by atoms with van der Waals surface area (Å²) in [5.41, 5.74) is 0.748. The van der Waals surface area contributed by atoms with Crippen molar-refractivity contribution < 1.29 is 4.92 Å². The molecule has 0 aliphatic rings. The van der Waals surface area contributed by atoms with Crippen molar-refractivity contribution in [2.24, 2.45) is 0 Å². The lowest BCUT2D eigenvalue weighted by Gasteiger charge is -1.94. The summed E-state index contributed by atoms with van der Waals surface area (Å²) in [6.45, 7) is 5.15. The Hall–Kier alpha value is -1.32. The molecule has 0 atom stereocenters. The van der Waals surface area contributed by atoms with Gasteiger partial charge < -0.3 is 0 Å². The number of hydrogen-bond donors (Lipinski definition) is 0. The van der Waals surface area contributed by atoms with E-state index in [2.05, 4.69) is 6.58 Å². The molecule has 0 saturated carbocycles. The number of allylic oxidation sites excluding steroid dienone is 4. The normalized spacial score (nSPS) is 12.8. The highest BCUT2D eigenvalue weighted by Gasteiger charge is 2.09. The molecular weight excluding hydrogens is 141 g/mol. The molecule has 0 aromatic rings. The van der Waals surface area contributed by atoms with E-state index in [9.17, 15) is 10.1 Å². The van der Waals surface area contributed by atoms with Crippen LogP contribution in [0.1, 0.15) is 6.92 Å². The van der Waals surface area contributed by atoms with Gasteiger partial charge in [-0.1, -0.05) is 18.7 Å². The van der Waals surface area contributed by atoms with Gasteiger partial charge in [-0.25, -0.2) is 0 Å². The Kier molecular flexibility index (Phi) is 3.96. The van der Waals surface area contributed by atoms with E-state index in [1.807, 2.05) is 0 Å². The molecule has 0 aliphatic carbocycles. The number of nitro groups is 1. The predicted molar refractivity (Wildman–Crippen MR) is 47.6 cm³/mol. The lowest BCUT2D eigenvalue weighted by molar-refractivity contribution is -0.419. The fourth-order valence-electron chi connectivity index (χ4n) is 0.596. The standard InChI is InChI=1S/C7H10BNO2/c1-3-5-7(9(10)11)6(8)4-2/h3-5H,1,8H2,2H3/b6-4+,7-5+. The van der Waals surface area contributed by atoms with E-state index in [-0.39, 0.29) is 5.70 Å². The summed E-state index contributed by atoms with van der Waals surface area (Å²) in [5.74, 6) is 0. The second-order valence-corrected chi connectivity index (χ2v) is 2.02. The first-order valence-electron chi connectivity index (χ1n) is 3.24. The largest absolute Gasteiger partial charge is 0.262 e. The molecular formula is C7H10BNO2. The topological polar surface area (TPSA) is 43.1 Å². The quantitative estimate of drug-likeness (QED) is 0.260. The molecule has 11 heavy (non-hydrogen) atoms. The molecule has 3 nitrogen and oxygen atoms in total. The second-order valence-electron chi connectivity index (χ2n) is 2.02. The van der Waals surface area contributed by atoms with E-state index in [1.165, 1.54) is 12.2 Å². The molecule has 0 heterocycles. The number of nitrogens with zero attached hydrogens (tertiary/aromatic N) is 1. The molecule has 0 unspecified atom stereocenters. The van der Waals surface area contributed by atoms with Gasteiger partial charge in [-0.05, 0) is 12.4 Å². The molecule has 0 aliphatic heterocycles. The van der Waals surface area contributed by atoms with E-state index >= 15 is 0 Å². The minimum Gasteiger partial charge on any atom is -0.258 e. The van der Waals surface area contributed by atoms with Gasteiger partial charge in [0.05, 0.1) is 4.92 Å². The minimum absolute atomic E-state index is 0.0995. The van der Waals surface area contributed by atoms with Gasteiger partial charge >= 0.3 is 0 Å². The third-order valence-corrected chi connectivity index (χ3v) is 1.31. The Morgan fingerprint density at radius 2 is 2.27 bits per heavy atom. The van der Waals surface area contributed by atoms with E-state index in [0.29, 0.717) is 5.47 Å². The summed E-state index contributed by atoms with van der Waals surface area (Å²) in [5, 5.41) is 10.3. The fourth-order valence-corrected chi connectivity index (χ4v) is 0.596. The molecule has 0 bridgehead atoms. The molecule has 0 saturated heterocycles. The fraction of sp³-hybridized carbons (Fsp3) is 0.143. The van der Waals surface area contributed by atoms with Crippen molar-refractivity contribution >= 4 is 7.85 Å². The molecule has 58 valence electrons. The van der Waals surface area contributed by atoms with Gasteiger partial charge in [-0.2, -0.15) is 0 Å². The van der Waals surface area contributed by atoms with Crippen molar-refractivity contribution in [2.75, 3.05) is 0 Å². The van der Waals surface area contributed by atoms with Crippen LogP contribution in [0.3, 0.4) is 0 Å². The van der Waals surface area contributed by atoms with Crippen LogP contribution in [0.4, 0.5) is 0 Å². The smallest absolute Gasteiger partial charge is 0.258 e. The summed E-state index contributed by atoms with van der Waals surface area (Å²) in [7, 11) is 1.69. The van der Waals surface area contributed by atoms with Crippen LogP contribution in [0.2, 0.25) is 0 Å². The zero-order chi connectivity index (χ0) is 8.85. The highest BCUT2D eigenvalue weighted by molar-refractivity contribution is 6.23. The maximum Gasteiger partial charge on any atom is 0.262 e. The monoisotopic (exact) mass is 151 g/mol. The van der Waals surface area contributed by atoms with Crippen LogP contribution in [0.25, 0.3) is 0 Å². The maximum atomic E-state index is 10.3. The highest BCUT2D eigenvalue weighted by atomic mass is 16.6. The first-order chi connectivity index (χ1) is 5.13. The SMILES string of the molecule is BC(=C/C)/C(=C\C=C)[N+](=O)[O-]. The Bertz CT molecular complexity index is 231. The Balaban J connectivity index is 4.76. The molecule has 0 amide bonds. The number of rotatable bonds is 3. The lowest BCUT2D eigenvalue weighted by Crippen LogP contribution is -2.01. The van der Waals surface area contributed by atoms with Crippen molar-refractivity contribution in [3.05, 3.63) is 46.1 Å². The first kappa shape index (κ1) is 9.68.